The van der Waals surface area contributed by atoms with Crippen LogP contribution in [0.3, 0.4) is 0 Å². The van der Waals surface area contributed by atoms with Gasteiger partial charge >= 0.3 is 0 Å². The summed E-state index contributed by atoms with van der Waals surface area (Å²) in [5.74, 6) is 1.96. The molecular formula is C22H27N3O3S. The van der Waals surface area contributed by atoms with Crippen LogP contribution >= 0.6 is 11.3 Å². The van der Waals surface area contributed by atoms with Gasteiger partial charge in [-0.15, -0.1) is 0 Å². The quantitative estimate of drug-likeness (QED) is 0.773. The molecule has 0 saturated heterocycles. The van der Waals surface area contributed by atoms with Gasteiger partial charge in [0.15, 0.2) is 5.13 Å². The smallest absolute Gasteiger partial charge is 0.232 e. The molecule has 0 radical (unpaired) electrons. The van der Waals surface area contributed by atoms with Gasteiger partial charge in [0.25, 0.3) is 0 Å². The minimum atomic E-state index is -0.388. The van der Waals surface area contributed by atoms with Crippen LogP contribution in [-0.4, -0.2) is 28.9 Å². The number of anilines is 1. The maximum Gasteiger partial charge on any atom is 0.232 e. The van der Waals surface area contributed by atoms with E-state index in [2.05, 4.69) is 15.6 Å². The van der Waals surface area contributed by atoms with Crippen LogP contribution in [0.2, 0.25) is 0 Å². The third-order valence-corrected chi connectivity index (χ3v) is 7.81. The van der Waals surface area contributed by atoms with E-state index in [1.807, 2.05) is 25.1 Å². The first kappa shape index (κ1) is 18.9. The van der Waals surface area contributed by atoms with Crippen molar-refractivity contribution >= 4 is 38.5 Å². The lowest BCUT2D eigenvalue weighted by Gasteiger charge is -2.61. The summed E-state index contributed by atoms with van der Waals surface area (Å²) in [6.07, 6.45) is 5.82. The molecular weight excluding hydrogens is 386 g/mol. The molecule has 7 heteroatoms. The number of ether oxygens (including phenoxy) is 1. The molecule has 0 unspecified atom stereocenters. The highest BCUT2D eigenvalue weighted by molar-refractivity contribution is 7.22. The van der Waals surface area contributed by atoms with Crippen LogP contribution in [-0.2, 0) is 9.59 Å². The summed E-state index contributed by atoms with van der Waals surface area (Å²) >= 11 is 1.49. The molecule has 6 rings (SSSR count). The third-order valence-electron chi connectivity index (χ3n) is 6.88. The van der Waals surface area contributed by atoms with E-state index in [1.54, 1.807) is 6.92 Å². The van der Waals surface area contributed by atoms with E-state index < -0.39 is 0 Å². The van der Waals surface area contributed by atoms with Gasteiger partial charge in [0.2, 0.25) is 11.8 Å². The molecule has 2 N–H and O–H groups in total. The Labute approximate surface area is 174 Å². The molecule has 2 aromatic rings. The molecule has 4 aliphatic carbocycles. The number of nitrogens with one attached hydrogen (secondary N) is 2. The average molecular weight is 414 g/mol. The number of carbonyl (C=O) groups excluding carboxylic acids is 2. The topological polar surface area (TPSA) is 80.3 Å². The minimum Gasteiger partial charge on any atom is -0.494 e. The number of aromatic nitrogens is 1. The number of carbonyl (C=O) groups is 2. The number of hydrogen-bond donors (Lipinski definition) is 2. The SMILES string of the molecule is CCOc1ccc2nc(NC(=O)C34C[C@H]5C[C@@H](CC(NC(C)=O)(C5)C3)C4)sc2c1. The molecule has 2 amide bonds. The van der Waals surface area contributed by atoms with Gasteiger partial charge in [0, 0.05) is 12.5 Å². The minimum absolute atomic E-state index is 0.0128. The molecule has 1 heterocycles. The highest BCUT2D eigenvalue weighted by Gasteiger charge is 2.60. The van der Waals surface area contributed by atoms with E-state index in [0.717, 1.165) is 48.1 Å². The zero-order valence-corrected chi connectivity index (χ0v) is 17.7. The molecule has 6 nitrogen and oxygen atoms in total. The van der Waals surface area contributed by atoms with E-state index in [-0.39, 0.29) is 22.8 Å². The van der Waals surface area contributed by atoms with Crippen molar-refractivity contribution < 1.29 is 14.3 Å². The van der Waals surface area contributed by atoms with Crippen molar-refractivity contribution in [1.82, 2.24) is 10.3 Å². The number of amides is 2. The summed E-state index contributed by atoms with van der Waals surface area (Å²) in [5.41, 5.74) is 0.280. The van der Waals surface area contributed by atoms with E-state index in [0.29, 0.717) is 23.6 Å². The second-order valence-corrected chi connectivity index (χ2v) is 10.3. The Morgan fingerprint density at radius 2 is 2.00 bits per heavy atom. The first-order valence-electron chi connectivity index (χ1n) is 10.5. The summed E-state index contributed by atoms with van der Waals surface area (Å²) < 4.78 is 6.57. The summed E-state index contributed by atoms with van der Waals surface area (Å²) in [6.45, 7) is 4.17. The molecule has 2 atom stereocenters. The normalized spacial score (nSPS) is 32.3. The fourth-order valence-corrected chi connectivity index (χ4v) is 7.38. The molecule has 4 saturated carbocycles. The molecule has 1 aromatic carbocycles. The number of nitrogens with zero attached hydrogens (tertiary/aromatic N) is 1. The Hall–Kier alpha value is -2.15. The Balaban J connectivity index is 1.39. The van der Waals surface area contributed by atoms with Crippen molar-refractivity contribution in [2.45, 2.75) is 57.9 Å². The zero-order chi connectivity index (χ0) is 20.2. The van der Waals surface area contributed by atoms with E-state index in [9.17, 15) is 9.59 Å². The third kappa shape index (κ3) is 3.29. The van der Waals surface area contributed by atoms with Crippen LogP contribution in [0, 0.1) is 17.3 Å². The molecule has 0 aliphatic heterocycles. The molecule has 4 aliphatic rings. The lowest BCUT2D eigenvalue weighted by Crippen LogP contribution is -2.65. The second kappa shape index (κ2) is 6.69. The summed E-state index contributed by atoms with van der Waals surface area (Å²) in [7, 11) is 0. The highest BCUT2D eigenvalue weighted by Crippen LogP contribution is 2.62. The number of benzene rings is 1. The van der Waals surface area contributed by atoms with Gasteiger partial charge in [-0.2, -0.15) is 0 Å². The van der Waals surface area contributed by atoms with Crippen LogP contribution in [0.1, 0.15) is 52.4 Å². The molecule has 1 aromatic heterocycles. The number of thiazole rings is 1. The lowest BCUT2D eigenvalue weighted by molar-refractivity contribution is -0.148. The van der Waals surface area contributed by atoms with Gasteiger partial charge in [0.1, 0.15) is 5.75 Å². The van der Waals surface area contributed by atoms with Gasteiger partial charge in [-0.05, 0) is 75.5 Å². The molecule has 4 bridgehead atoms. The van der Waals surface area contributed by atoms with Gasteiger partial charge in [-0.1, -0.05) is 11.3 Å². The largest absolute Gasteiger partial charge is 0.494 e. The maximum atomic E-state index is 13.5. The lowest BCUT2D eigenvalue weighted by atomic mass is 9.46. The zero-order valence-electron chi connectivity index (χ0n) is 16.9. The Kier molecular flexibility index (Phi) is 4.35. The van der Waals surface area contributed by atoms with E-state index in [1.165, 1.54) is 17.8 Å². The molecule has 0 spiro atoms. The first-order chi connectivity index (χ1) is 13.9. The summed E-state index contributed by atoms with van der Waals surface area (Å²) in [5, 5.41) is 6.99. The van der Waals surface area contributed by atoms with E-state index in [4.69, 9.17) is 4.74 Å². The van der Waals surface area contributed by atoms with Crippen molar-refractivity contribution in [3.63, 3.8) is 0 Å². The predicted octanol–water partition coefficient (Wildman–Crippen LogP) is 4.11. The Bertz CT molecular complexity index is 971. The van der Waals surface area contributed by atoms with Crippen molar-refractivity contribution in [3.05, 3.63) is 18.2 Å². The fraction of sp³-hybridized carbons (Fsp3) is 0.591. The van der Waals surface area contributed by atoms with Gasteiger partial charge in [-0.25, -0.2) is 4.98 Å². The van der Waals surface area contributed by atoms with Crippen LogP contribution < -0.4 is 15.4 Å². The van der Waals surface area contributed by atoms with Crippen LogP contribution in [0.15, 0.2) is 18.2 Å². The first-order valence-corrected chi connectivity index (χ1v) is 11.3. The molecule has 4 fully saturated rings. The average Bonchev–Trinajstić information content (AvgIpc) is 3.01. The fourth-order valence-electron chi connectivity index (χ4n) is 6.49. The van der Waals surface area contributed by atoms with Gasteiger partial charge in [0.05, 0.1) is 22.2 Å². The number of rotatable bonds is 5. The van der Waals surface area contributed by atoms with Gasteiger partial charge < -0.3 is 15.4 Å². The Morgan fingerprint density at radius 1 is 1.24 bits per heavy atom. The van der Waals surface area contributed by atoms with Crippen LogP contribution in [0.4, 0.5) is 5.13 Å². The monoisotopic (exact) mass is 413 g/mol. The van der Waals surface area contributed by atoms with E-state index >= 15 is 0 Å². The highest BCUT2D eigenvalue weighted by atomic mass is 32.1. The van der Waals surface area contributed by atoms with Crippen molar-refractivity contribution in [2.24, 2.45) is 17.3 Å². The van der Waals surface area contributed by atoms with Crippen molar-refractivity contribution in [1.29, 1.82) is 0 Å². The predicted molar refractivity (Wildman–Crippen MR) is 113 cm³/mol. The standard InChI is InChI=1S/C22H27N3O3S/c1-3-28-16-4-5-17-18(7-16)29-20(23-17)24-19(27)21-8-14-6-15(9-21)11-22(10-14,12-21)25-13(2)26/h4-5,7,14-15H,3,6,8-12H2,1-2H3,(H,25,26)(H,23,24,27)/t14-,15-,21?,22?/m1/s1. The Morgan fingerprint density at radius 3 is 2.69 bits per heavy atom. The van der Waals surface area contributed by atoms with Crippen molar-refractivity contribution in [3.8, 4) is 5.75 Å². The number of fused-ring (bicyclic) bond motifs is 1. The van der Waals surface area contributed by atoms with Crippen LogP contribution in [0.25, 0.3) is 10.2 Å². The molecule has 154 valence electrons. The van der Waals surface area contributed by atoms with Crippen molar-refractivity contribution in [2.75, 3.05) is 11.9 Å². The summed E-state index contributed by atoms with van der Waals surface area (Å²) in [4.78, 5) is 29.9. The second-order valence-electron chi connectivity index (χ2n) is 9.24. The maximum absolute atomic E-state index is 13.5. The van der Waals surface area contributed by atoms with Crippen LogP contribution in [0.5, 0.6) is 5.75 Å². The number of hydrogen-bond acceptors (Lipinski definition) is 5. The summed E-state index contributed by atoms with van der Waals surface area (Å²) in [6, 6.07) is 5.82. The molecule has 29 heavy (non-hydrogen) atoms. The van der Waals surface area contributed by atoms with Gasteiger partial charge in [-0.3, -0.25) is 9.59 Å².